The third-order valence-electron chi connectivity index (χ3n) is 3.30. The zero-order chi connectivity index (χ0) is 13.4. The maximum Gasteiger partial charge on any atom is 0.251 e. The Balaban J connectivity index is 2.46. The molecule has 0 unspecified atom stereocenters. The van der Waals surface area contributed by atoms with E-state index in [0.717, 1.165) is 16.5 Å². The van der Waals surface area contributed by atoms with Crippen LogP contribution in [-0.2, 0) is 0 Å². The molecule has 0 aliphatic rings. The van der Waals surface area contributed by atoms with Gasteiger partial charge in [-0.15, -0.1) is 0 Å². The number of hydrogen-bond acceptors (Lipinski definition) is 2. The van der Waals surface area contributed by atoms with Crippen LogP contribution >= 0.6 is 0 Å². The summed E-state index contributed by atoms with van der Waals surface area (Å²) in [5, 5.41) is 10.5. The van der Waals surface area contributed by atoms with E-state index in [1.807, 2.05) is 43.3 Å². The average Bonchev–Trinajstić information content (AvgIpc) is 2.41. The molecule has 0 bridgehead atoms. The van der Waals surface area contributed by atoms with Gasteiger partial charge < -0.3 is 10.1 Å². The van der Waals surface area contributed by atoms with Crippen LogP contribution in [-0.4, -0.2) is 10.1 Å². The number of rotatable bonds is 1. The second-order valence-electron chi connectivity index (χ2n) is 4.55. The van der Waals surface area contributed by atoms with Crippen molar-refractivity contribution in [2.24, 2.45) is 0 Å². The van der Waals surface area contributed by atoms with Crippen molar-refractivity contribution in [2.75, 3.05) is 0 Å². The van der Waals surface area contributed by atoms with Crippen LogP contribution in [0.2, 0.25) is 0 Å². The lowest BCUT2D eigenvalue weighted by atomic mass is 9.97. The molecule has 0 radical (unpaired) electrons. The molecule has 2 aromatic carbocycles. The highest BCUT2D eigenvalue weighted by molar-refractivity contribution is 5.96. The van der Waals surface area contributed by atoms with Crippen LogP contribution in [0.25, 0.3) is 22.0 Å². The Morgan fingerprint density at radius 3 is 2.53 bits per heavy atom. The molecule has 94 valence electrons. The van der Waals surface area contributed by atoms with Gasteiger partial charge in [-0.2, -0.15) is 0 Å². The molecular weight excluding hydrogens is 238 g/mol. The lowest BCUT2D eigenvalue weighted by molar-refractivity contribution is 0.476. The maximum atomic E-state index is 12.0. The number of aromatic nitrogens is 1. The molecule has 0 aliphatic carbocycles. The minimum absolute atomic E-state index is 0.128. The fraction of sp³-hybridized carbons (Fsp3) is 0.0625. The number of pyridine rings is 1. The Bertz CT molecular complexity index is 804. The number of nitrogens with one attached hydrogen (secondary N) is 1. The van der Waals surface area contributed by atoms with Crippen LogP contribution in [0.4, 0.5) is 0 Å². The topological polar surface area (TPSA) is 53.1 Å². The molecule has 2 N–H and O–H groups in total. The number of aromatic amines is 1. The second-order valence-corrected chi connectivity index (χ2v) is 4.55. The van der Waals surface area contributed by atoms with E-state index in [1.54, 1.807) is 12.1 Å². The molecule has 1 heterocycles. The van der Waals surface area contributed by atoms with Gasteiger partial charge in [0.2, 0.25) is 0 Å². The van der Waals surface area contributed by atoms with Gasteiger partial charge in [0.1, 0.15) is 5.75 Å². The Morgan fingerprint density at radius 1 is 1.05 bits per heavy atom. The van der Waals surface area contributed by atoms with E-state index >= 15 is 0 Å². The highest BCUT2D eigenvalue weighted by Gasteiger charge is 2.11. The first-order valence-electron chi connectivity index (χ1n) is 6.08. The summed E-state index contributed by atoms with van der Waals surface area (Å²) in [4.78, 5) is 14.8. The van der Waals surface area contributed by atoms with Crippen LogP contribution in [0.5, 0.6) is 5.75 Å². The number of aromatic hydroxyl groups is 1. The SMILES string of the molecule is Cc1c(-c2ccccc2)c2ccc(O)cc2[nH]c1=O. The summed E-state index contributed by atoms with van der Waals surface area (Å²) in [6, 6.07) is 14.8. The van der Waals surface area contributed by atoms with Gasteiger partial charge >= 0.3 is 0 Å². The van der Waals surface area contributed by atoms with E-state index in [0.29, 0.717) is 11.1 Å². The molecule has 0 amide bonds. The van der Waals surface area contributed by atoms with Crippen molar-refractivity contribution in [2.45, 2.75) is 6.92 Å². The van der Waals surface area contributed by atoms with Crippen molar-refractivity contribution in [3.05, 3.63) is 64.4 Å². The summed E-state index contributed by atoms with van der Waals surface area (Å²) in [6.45, 7) is 1.81. The molecule has 1 aromatic heterocycles. The molecular formula is C16H13NO2. The van der Waals surface area contributed by atoms with Gasteiger partial charge in [0.05, 0.1) is 5.52 Å². The molecule has 0 aliphatic heterocycles. The number of hydrogen-bond donors (Lipinski definition) is 2. The average molecular weight is 251 g/mol. The van der Waals surface area contributed by atoms with Gasteiger partial charge in [-0.05, 0) is 30.2 Å². The lowest BCUT2D eigenvalue weighted by Gasteiger charge is -2.10. The Morgan fingerprint density at radius 2 is 1.79 bits per heavy atom. The van der Waals surface area contributed by atoms with Crippen LogP contribution in [0.15, 0.2) is 53.3 Å². The first-order chi connectivity index (χ1) is 9.16. The van der Waals surface area contributed by atoms with Crippen molar-refractivity contribution >= 4 is 10.9 Å². The van der Waals surface area contributed by atoms with Crippen LogP contribution in [0.3, 0.4) is 0 Å². The number of phenols is 1. The quantitative estimate of drug-likeness (QED) is 0.697. The van der Waals surface area contributed by atoms with Crippen molar-refractivity contribution in [1.82, 2.24) is 4.98 Å². The monoisotopic (exact) mass is 251 g/mol. The molecule has 19 heavy (non-hydrogen) atoms. The van der Waals surface area contributed by atoms with E-state index in [4.69, 9.17) is 0 Å². The van der Waals surface area contributed by atoms with Gasteiger partial charge in [0.25, 0.3) is 5.56 Å². The van der Waals surface area contributed by atoms with Gasteiger partial charge in [0, 0.05) is 17.0 Å². The number of fused-ring (bicyclic) bond motifs is 1. The van der Waals surface area contributed by atoms with Crippen molar-refractivity contribution < 1.29 is 5.11 Å². The first-order valence-corrected chi connectivity index (χ1v) is 6.08. The van der Waals surface area contributed by atoms with Crippen LogP contribution < -0.4 is 5.56 Å². The van der Waals surface area contributed by atoms with E-state index < -0.39 is 0 Å². The molecule has 3 nitrogen and oxygen atoms in total. The van der Waals surface area contributed by atoms with Crippen molar-refractivity contribution in [3.8, 4) is 16.9 Å². The fourth-order valence-corrected chi connectivity index (χ4v) is 2.36. The van der Waals surface area contributed by atoms with Crippen LogP contribution in [0.1, 0.15) is 5.56 Å². The zero-order valence-electron chi connectivity index (χ0n) is 10.5. The normalized spacial score (nSPS) is 10.8. The Labute approximate surface area is 110 Å². The molecule has 0 saturated carbocycles. The number of H-pyrrole nitrogens is 1. The third-order valence-corrected chi connectivity index (χ3v) is 3.30. The second kappa shape index (κ2) is 4.28. The third kappa shape index (κ3) is 1.89. The van der Waals surface area contributed by atoms with Gasteiger partial charge in [0.15, 0.2) is 0 Å². The standard InChI is InChI=1S/C16H13NO2/c1-10-15(11-5-3-2-4-6-11)13-8-7-12(18)9-14(13)17-16(10)19/h2-9,18H,1H3,(H,17,19). The molecule has 0 atom stereocenters. The predicted octanol–water partition coefficient (Wildman–Crippen LogP) is 3.21. The fourth-order valence-electron chi connectivity index (χ4n) is 2.36. The van der Waals surface area contributed by atoms with Gasteiger partial charge in [-0.25, -0.2) is 0 Å². The van der Waals surface area contributed by atoms with Crippen LogP contribution in [0, 0.1) is 6.92 Å². The largest absolute Gasteiger partial charge is 0.508 e. The smallest absolute Gasteiger partial charge is 0.251 e. The lowest BCUT2D eigenvalue weighted by Crippen LogP contribution is -2.11. The molecule has 3 heteroatoms. The molecule has 0 spiro atoms. The highest BCUT2D eigenvalue weighted by Crippen LogP contribution is 2.30. The molecule has 0 fully saturated rings. The maximum absolute atomic E-state index is 12.0. The molecule has 3 rings (SSSR count). The van der Waals surface area contributed by atoms with E-state index in [2.05, 4.69) is 4.98 Å². The summed E-state index contributed by atoms with van der Waals surface area (Å²) in [5.74, 6) is 0.144. The number of benzene rings is 2. The van der Waals surface area contributed by atoms with Crippen molar-refractivity contribution in [1.29, 1.82) is 0 Å². The van der Waals surface area contributed by atoms with Gasteiger partial charge in [-0.1, -0.05) is 30.3 Å². The zero-order valence-corrected chi connectivity index (χ0v) is 10.5. The summed E-state index contributed by atoms with van der Waals surface area (Å²) >= 11 is 0. The highest BCUT2D eigenvalue weighted by atomic mass is 16.3. The van der Waals surface area contributed by atoms with Gasteiger partial charge in [-0.3, -0.25) is 4.79 Å². The minimum Gasteiger partial charge on any atom is -0.508 e. The summed E-state index contributed by atoms with van der Waals surface area (Å²) in [6.07, 6.45) is 0. The van der Waals surface area contributed by atoms with E-state index in [1.165, 1.54) is 0 Å². The predicted molar refractivity (Wildman–Crippen MR) is 76.4 cm³/mol. The molecule has 3 aromatic rings. The Hall–Kier alpha value is -2.55. The summed E-state index contributed by atoms with van der Waals surface area (Å²) in [7, 11) is 0. The minimum atomic E-state index is -0.128. The summed E-state index contributed by atoms with van der Waals surface area (Å²) in [5.41, 5.74) is 3.12. The summed E-state index contributed by atoms with van der Waals surface area (Å²) < 4.78 is 0. The van der Waals surface area contributed by atoms with Crippen molar-refractivity contribution in [3.63, 3.8) is 0 Å². The van der Waals surface area contributed by atoms with E-state index in [9.17, 15) is 9.90 Å². The van der Waals surface area contributed by atoms with E-state index in [-0.39, 0.29) is 11.3 Å². The molecule has 0 saturated heterocycles. The first kappa shape index (κ1) is 11.5. The number of phenolic OH excluding ortho intramolecular Hbond substituents is 1. The Kier molecular flexibility index (Phi) is 2.60.